The molecule has 22 heavy (non-hydrogen) atoms. The summed E-state index contributed by atoms with van der Waals surface area (Å²) in [5.74, 6) is -0.299. The highest BCUT2D eigenvalue weighted by molar-refractivity contribution is 5.94. The number of H-pyrrole nitrogens is 1. The first-order valence-electron chi connectivity index (χ1n) is 6.54. The van der Waals surface area contributed by atoms with Gasteiger partial charge in [-0.15, -0.1) is 0 Å². The van der Waals surface area contributed by atoms with Gasteiger partial charge in [0.05, 0.1) is 0 Å². The van der Waals surface area contributed by atoms with E-state index in [1.807, 2.05) is 0 Å². The van der Waals surface area contributed by atoms with E-state index in [0.717, 1.165) is 0 Å². The molecule has 1 aromatic carbocycles. The number of hydrogen-bond acceptors (Lipinski definition) is 2. The van der Waals surface area contributed by atoms with Crippen molar-refractivity contribution < 1.29 is 18.0 Å². The van der Waals surface area contributed by atoms with Crippen LogP contribution in [0.25, 0.3) is 0 Å². The van der Waals surface area contributed by atoms with Crippen molar-refractivity contribution in [3.05, 3.63) is 58.0 Å². The summed E-state index contributed by atoms with van der Waals surface area (Å²) in [6.07, 6.45) is -3.09. The number of nitrogens with one attached hydrogen (secondary N) is 2. The quantitative estimate of drug-likeness (QED) is 0.882. The molecule has 0 aliphatic carbocycles. The summed E-state index contributed by atoms with van der Waals surface area (Å²) >= 11 is 0. The van der Waals surface area contributed by atoms with Crippen LogP contribution in [-0.2, 0) is 13.0 Å². The predicted octanol–water partition coefficient (Wildman–Crippen LogP) is 1.71. The zero-order valence-electron chi connectivity index (χ0n) is 11.5. The molecule has 0 spiro atoms. The fourth-order valence-electron chi connectivity index (χ4n) is 1.93. The summed E-state index contributed by atoms with van der Waals surface area (Å²) in [5.41, 5.74) is -0.0602. The first-order chi connectivity index (χ1) is 10.4. The SMILES string of the molecule is O=C(NCCc1c[nH]n(CC(F)(F)F)c1=O)c1ccccc1. The average molecular weight is 313 g/mol. The van der Waals surface area contributed by atoms with E-state index < -0.39 is 18.3 Å². The van der Waals surface area contributed by atoms with E-state index in [1.54, 1.807) is 30.3 Å². The first-order valence-corrected chi connectivity index (χ1v) is 6.54. The normalized spacial score (nSPS) is 11.4. The molecule has 0 aliphatic rings. The van der Waals surface area contributed by atoms with Crippen LogP contribution in [0.1, 0.15) is 15.9 Å². The van der Waals surface area contributed by atoms with Crippen molar-refractivity contribution in [3.8, 4) is 0 Å². The summed E-state index contributed by atoms with van der Waals surface area (Å²) in [4.78, 5) is 23.5. The van der Waals surface area contributed by atoms with Gasteiger partial charge in [-0.25, -0.2) is 4.68 Å². The van der Waals surface area contributed by atoms with E-state index in [-0.39, 0.29) is 24.4 Å². The van der Waals surface area contributed by atoms with Crippen LogP contribution in [0.15, 0.2) is 41.3 Å². The van der Waals surface area contributed by atoms with Crippen molar-refractivity contribution in [1.82, 2.24) is 15.1 Å². The van der Waals surface area contributed by atoms with Crippen molar-refractivity contribution in [2.45, 2.75) is 19.1 Å². The Labute approximate surface area is 123 Å². The van der Waals surface area contributed by atoms with Gasteiger partial charge in [0.1, 0.15) is 6.54 Å². The summed E-state index contributed by atoms with van der Waals surface area (Å²) < 4.78 is 37.2. The largest absolute Gasteiger partial charge is 0.408 e. The number of halogens is 3. The van der Waals surface area contributed by atoms with Crippen LogP contribution in [0.3, 0.4) is 0 Å². The number of aromatic nitrogens is 2. The molecule has 2 rings (SSSR count). The van der Waals surface area contributed by atoms with E-state index in [9.17, 15) is 22.8 Å². The van der Waals surface area contributed by atoms with Gasteiger partial charge in [-0.05, 0) is 18.6 Å². The number of nitrogens with zero attached hydrogens (tertiary/aromatic N) is 1. The van der Waals surface area contributed by atoms with Crippen molar-refractivity contribution >= 4 is 5.91 Å². The lowest BCUT2D eigenvalue weighted by atomic mass is 10.2. The number of amides is 1. The molecule has 0 unspecified atom stereocenters. The molecule has 0 fully saturated rings. The number of carbonyl (C=O) groups is 1. The van der Waals surface area contributed by atoms with Gasteiger partial charge < -0.3 is 10.4 Å². The third-order valence-corrected chi connectivity index (χ3v) is 2.97. The van der Waals surface area contributed by atoms with Crippen LogP contribution in [-0.4, -0.2) is 28.4 Å². The van der Waals surface area contributed by atoms with E-state index in [0.29, 0.717) is 10.2 Å². The molecule has 0 saturated carbocycles. The first kappa shape index (κ1) is 15.9. The zero-order valence-corrected chi connectivity index (χ0v) is 11.5. The topological polar surface area (TPSA) is 66.9 Å². The third kappa shape index (κ3) is 4.24. The number of alkyl halides is 3. The minimum Gasteiger partial charge on any atom is -0.352 e. The summed E-state index contributed by atoms with van der Waals surface area (Å²) in [6.45, 7) is -1.20. The van der Waals surface area contributed by atoms with E-state index in [2.05, 4.69) is 10.4 Å². The minimum atomic E-state index is -4.46. The molecule has 2 aromatic rings. The lowest BCUT2D eigenvalue weighted by Crippen LogP contribution is -2.29. The maximum Gasteiger partial charge on any atom is 0.408 e. The molecule has 0 radical (unpaired) electrons. The molecule has 1 heterocycles. The van der Waals surface area contributed by atoms with Gasteiger partial charge in [-0.2, -0.15) is 13.2 Å². The third-order valence-electron chi connectivity index (χ3n) is 2.97. The Balaban J connectivity index is 1.90. The second-order valence-electron chi connectivity index (χ2n) is 4.68. The van der Waals surface area contributed by atoms with Gasteiger partial charge in [-0.3, -0.25) is 9.59 Å². The minimum absolute atomic E-state index is 0.152. The number of aromatic amines is 1. The highest BCUT2D eigenvalue weighted by atomic mass is 19.4. The maximum atomic E-state index is 12.2. The fourth-order valence-corrected chi connectivity index (χ4v) is 1.93. The highest BCUT2D eigenvalue weighted by Gasteiger charge is 2.29. The maximum absolute atomic E-state index is 12.2. The van der Waals surface area contributed by atoms with Crippen LogP contribution < -0.4 is 10.9 Å². The lowest BCUT2D eigenvalue weighted by molar-refractivity contribution is -0.143. The van der Waals surface area contributed by atoms with Gasteiger partial charge in [0, 0.05) is 23.9 Å². The molecule has 1 amide bonds. The van der Waals surface area contributed by atoms with E-state index >= 15 is 0 Å². The van der Waals surface area contributed by atoms with Crippen LogP contribution >= 0.6 is 0 Å². The Bertz CT molecular complexity index is 689. The number of rotatable bonds is 5. The van der Waals surface area contributed by atoms with E-state index in [1.165, 1.54) is 6.20 Å². The van der Waals surface area contributed by atoms with Gasteiger partial charge in [0.15, 0.2) is 0 Å². The second-order valence-corrected chi connectivity index (χ2v) is 4.68. The predicted molar refractivity (Wildman–Crippen MR) is 73.6 cm³/mol. The van der Waals surface area contributed by atoms with Crippen molar-refractivity contribution in [1.29, 1.82) is 0 Å². The van der Waals surface area contributed by atoms with Gasteiger partial charge >= 0.3 is 6.18 Å². The molecule has 5 nitrogen and oxygen atoms in total. The standard InChI is InChI=1S/C14H14F3N3O2/c15-14(16,17)9-20-13(22)11(8-19-20)6-7-18-12(21)10-4-2-1-3-5-10/h1-5,8,19H,6-7,9H2,(H,18,21). The Hall–Kier alpha value is -2.51. The van der Waals surface area contributed by atoms with Crippen LogP contribution in [0.2, 0.25) is 0 Å². The molecule has 0 saturated heterocycles. The fraction of sp³-hybridized carbons (Fsp3) is 0.286. The molecule has 0 aliphatic heterocycles. The Morgan fingerprint density at radius 1 is 1.23 bits per heavy atom. The molecule has 118 valence electrons. The Morgan fingerprint density at radius 2 is 1.91 bits per heavy atom. The number of hydrogen-bond donors (Lipinski definition) is 2. The lowest BCUT2D eigenvalue weighted by Gasteiger charge is -2.05. The molecular weight excluding hydrogens is 299 g/mol. The molecule has 2 N–H and O–H groups in total. The van der Waals surface area contributed by atoms with Crippen molar-refractivity contribution in [2.75, 3.05) is 6.54 Å². The average Bonchev–Trinajstić information content (AvgIpc) is 2.79. The van der Waals surface area contributed by atoms with Crippen molar-refractivity contribution in [3.63, 3.8) is 0 Å². The monoisotopic (exact) mass is 313 g/mol. The number of carbonyl (C=O) groups excluding carboxylic acids is 1. The van der Waals surface area contributed by atoms with Gasteiger partial charge in [0.25, 0.3) is 11.5 Å². The van der Waals surface area contributed by atoms with E-state index in [4.69, 9.17) is 0 Å². The van der Waals surface area contributed by atoms with Gasteiger partial charge in [-0.1, -0.05) is 18.2 Å². The Morgan fingerprint density at radius 3 is 2.55 bits per heavy atom. The summed E-state index contributed by atoms with van der Waals surface area (Å²) in [7, 11) is 0. The second kappa shape index (κ2) is 6.50. The van der Waals surface area contributed by atoms with Crippen LogP contribution in [0.5, 0.6) is 0 Å². The zero-order chi connectivity index (χ0) is 16.2. The Kier molecular flexibility index (Phi) is 4.69. The molecular formula is C14H14F3N3O2. The number of benzene rings is 1. The highest BCUT2D eigenvalue weighted by Crippen LogP contribution is 2.15. The molecule has 8 heteroatoms. The van der Waals surface area contributed by atoms with Crippen LogP contribution in [0, 0.1) is 0 Å². The summed E-state index contributed by atoms with van der Waals surface area (Å²) in [6, 6.07) is 8.50. The molecule has 1 aromatic heterocycles. The van der Waals surface area contributed by atoms with Crippen molar-refractivity contribution in [2.24, 2.45) is 0 Å². The van der Waals surface area contributed by atoms with Crippen LogP contribution in [0.4, 0.5) is 13.2 Å². The smallest absolute Gasteiger partial charge is 0.352 e. The molecule has 0 atom stereocenters. The van der Waals surface area contributed by atoms with Gasteiger partial charge in [0.2, 0.25) is 0 Å². The molecule has 0 bridgehead atoms. The summed E-state index contributed by atoms with van der Waals surface area (Å²) in [5, 5.41) is 4.88.